The number of nitrogens with one attached hydrogen (secondary N) is 2. The van der Waals surface area contributed by atoms with E-state index >= 15 is 0 Å². The maximum atomic E-state index is 12.6. The van der Waals surface area contributed by atoms with Gasteiger partial charge in [0.15, 0.2) is 0 Å². The Morgan fingerprint density at radius 2 is 1.75 bits per heavy atom. The molecule has 2 unspecified atom stereocenters. The van der Waals surface area contributed by atoms with E-state index < -0.39 is 0 Å². The van der Waals surface area contributed by atoms with Crippen molar-refractivity contribution in [2.45, 2.75) is 51.5 Å². The number of morpholine rings is 1. The highest BCUT2D eigenvalue weighted by atomic mass is 16.5. The van der Waals surface area contributed by atoms with Crippen molar-refractivity contribution in [1.82, 2.24) is 15.5 Å². The second-order valence-corrected chi connectivity index (χ2v) is 6.77. The molecule has 1 saturated heterocycles. The molecule has 0 spiro atoms. The lowest BCUT2D eigenvalue weighted by Gasteiger charge is -2.35. The van der Waals surface area contributed by atoms with Crippen LogP contribution in [0.1, 0.15) is 42.6 Å². The Morgan fingerprint density at radius 1 is 1.12 bits per heavy atom. The van der Waals surface area contributed by atoms with Gasteiger partial charge in [-0.25, -0.2) is 4.79 Å². The van der Waals surface area contributed by atoms with Crippen LogP contribution in [0.15, 0.2) is 24.3 Å². The average molecular weight is 331 g/mol. The summed E-state index contributed by atoms with van der Waals surface area (Å²) in [5.74, 6) is 0.0305. The molecule has 1 aromatic rings. The van der Waals surface area contributed by atoms with Gasteiger partial charge in [0.2, 0.25) is 0 Å². The summed E-state index contributed by atoms with van der Waals surface area (Å²) in [6.45, 7) is 5.66. The number of nitrogens with zero attached hydrogens (tertiary/aromatic N) is 1. The van der Waals surface area contributed by atoms with Gasteiger partial charge in [-0.1, -0.05) is 12.1 Å². The fourth-order valence-corrected chi connectivity index (χ4v) is 2.94. The molecule has 3 rings (SSSR count). The second-order valence-electron chi connectivity index (χ2n) is 6.77. The van der Waals surface area contributed by atoms with Crippen molar-refractivity contribution in [2.24, 2.45) is 0 Å². The smallest absolute Gasteiger partial charge is 0.315 e. The first kappa shape index (κ1) is 16.8. The van der Waals surface area contributed by atoms with E-state index in [4.69, 9.17) is 4.74 Å². The van der Waals surface area contributed by atoms with Crippen molar-refractivity contribution >= 4 is 11.9 Å². The van der Waals surface area contributed by atoms with E-state index in [0.717, 1.165) is 18.4 Å². The van der Waals surface area contributed by atoms with Crippen molar-refractivity contribution in [1.29, 1.82) is 0 Å². The molecular weight excluding hydrogens is 306 g/mol. The zero-order valence-electron chi connectivity index (χ0n) is 14.2. The molecule has 0 radical (unpaired) electrons. The van der Waals surface area contributed by atoms with E-state index in [1.165, 1.54) is 0 Å². The molecule has 2 fully saturated rings. The molecule has 130 valence electrons. The van der Waals surface area contributed by atoms with E-state index in [2.05, 4.69) is 10.6 Å². The lowest BCUT2D eigenvalue weighted by Crippen LogP contribution is -2.48. The largest absolute Gasteiger partial charge is 0.372 e. The molecule has 24 heavy (non-hydrogen) atoms. The molecule has 1 aliphatic heterocycles. The highest BCUT2D eigenvalue weighted by molar-refractivity contribution is 5.94. The van der Waals surface area contributed by atoms with Crippen molar-refractivity contribution in [3.8, 4) is 0 Å². The maximum absolute atomic E-state index is 12.6. The lowest BCUT2D eigenvalue weighted by molar-refractivity contribution is -0.0586. The van der Waals surface area contributed by atoms with Crippen LogP contribution in [-0.2, 0) is 11.3 Å². The third-order valence-corrected chi connectivity index (χ3v) is 4.27. The fraction of sp³-hybridized carbons (Fsp3) is 0.556. The van der Waals surface area contributed by atoms with Crippen molar-refractivity contribution < 1.29 is 14.3 Å². The van der Waals surface area contributed by atoms with Gasteiger partial charge in [0.05, 0.1) is 12.2 Å². The predicted molar refractivity (Wildman–Crippen MR) is 90.7 cm³/mol. The van der Waals surface area contributed by atoms with Gasteiger partial charge in [-0.15, -0.1) is 0 Å². The van der Waals surface area contributed by atoms with Gasteiger partial charge in [-0.3, -0.25) is 4.79 Å². The average Bonchev–Trinajstić information content (AvgIpc) is 3.36. The Morgan fingerprint density at radius 3 is 2.33 bits per heavy atom. The van der Waals surface area contributed by atoms with E-state index in [0.29, 0.717) is 31.2 Å². The summed E-state index contributed by atoms with van der Waals surface area (Å²) in [7, 11) is 0. The summed E-state index contributed by atoms with van der Waals surface area (Å²) in [5.41, 5.74) is 1.64. The van der Waals surface area contributed by atoms with Crippen LogP contribution in [0.25, 0.3) is 0 Å². The number of amides is 3. The van der Waals surface area contributed by atoms with Crippen LogP contribution < -0.4 is 10.6 Å². The number of hydrogen-bond donors (Lipinski definition) is 2. The Hall–Kier alpha value is -2.08. The molecule has 3 amide bonds. The van der Waals surface area contributed by atoms with Gasteiger partial charge < -0.3 is 20.3 Å². The minimum atomic E-state index is -0.131. The molecule has 1 aliphatic carbocycles. The number of hydrogen-bond acceptors (Lipinski definition) is 3. The molecule has 0 bridgehead atoms. The zero-order chi connectivity index (χ0) is 17.1. The summed E-state index contributed by atoms with van der Waals surface area (Å²) in [6.07, 6.45) is 2.27. The molecule has 1 aromatic carbocycles. The normalized spacial score (nSPS) is 23.7. The summed E-state index contributed by atoms with van der Waals surface area (Å²) >= 11 is 0. The maximum Gasteiger partial charge on any atom is 0.315 e. The van der Waals surface area contributed by atoms with E-state index in [1.54, 1.807) is 0 Å². The predicted octanol–water partition coefficient (Wildman–Crippen LogP) is 1.90. The number of carbonyl (C=O) groups excluding carboxylic acids is 2. The van der Waals surface area contributed by atoms with Gasteiger partial charge >= 0.3 is 6.03 Å². The fourth-order valence-electron chi connectivity index (χ4n) is 2.94. The standard InChI is InChI=1S/C18H25N3O3/c1-12-10-21(11-13(2)24-12)17(22)15-5-3-14(4-6-15)9-19-18(23)20-16-7-8-16/h3-6,12-13,16H,7-11H2,1-2H3,(H2,19,20,23). The van der Waals surface area contributed by atoms with Crippen molar-refractivity contribution in [2.75, 3.05) is 13.1 Å². The van der Waals surface area contributed by atoms with Gasteiger partial charge in [0, 0.05) is 31.2 Å². The van der Waals surface area contributed by atoms with Gasteiger partial charge in [0.25, 0.3) is 5.91 Å². The lowest BCUT2D eigenvalue weighted by atomic mass is 10.1. The SMILES string of the molecule is CC1CN(C(=O)c2ccc(CNC(=O)NC3CC3)cc2)CC(C)O1. The third kappa shape index (κ3) is 4.47. The van der Waals surface area contributed by atoms with E-state index in [1.807, 2.05) is 43.0 Å². The highest BCUT2D eigenvalue weighted by Gasteiger charge is 2.26. The number of urea groups is 1. The molecule has 0 aromatic heterocycles. The molecular formula is C18H25N3O3. The quantitative estimate of drug-likeness (QED) is 0.885. The molecule has 6 heteroatoms. The van der Waals surface area contributed by atoms with Gasteiger partial charge in [0.1, 0.15) is 0 Å². The third-order valence-electron chi connectivity index (χ3n) is 4.27. The minimum absolute atomic E-state index is 0.0305. The molecule has 1 saturated carbocycles. The monoisotopic (exact) mass is 331 g/mol. The van der Waals surface area contributed by atoms with Crippen molar-refractivity contribution in [3.05, 3.63) is 35.4 Å². The minimum Gasteiger partial charge on any atom is -0.372 e. The summed E-state index contributed by atoms with van der Waals surface area (Å²) in [4.78, 5) is 26.0. The Labute approximate surface area is 142 Å². The molecule has 6 nitrogen and oxygen atoms in total. The first-order chi connectivity index (χ1) is 11.5. The number of ether oxygens (including phenoxy) is 1. The summed E-state index contributed by atoms with van der Waals surface area (Å²) in [6, 6.07) is 7.64. The molecule has 2 atom stereocenters. The topological polar surface area (TPSA) is 70.7 Å². The van der Waals surface area contributed by atoms with Gasteiger partial charge in [-0.05, 0) is 44.4 Å². The van der Waals surface area contributed by atoms with Crippen LogP contribution in [-0.4, -0.2) is 48.2 Å². The first-order valence-corrected chi connectivity index (χ1v) is 8.59. The van der Waals surface area contributed by atoms with E-state index in [9.17, 15) is 9.59 Å². The van der Waals surface area contributed by atoms with Crippen LogP contribution in [0, 0.1) is 0 Å². The van der Waals surface area contributed by atoms with Crippen LogP contribution in [0.4, 0.5) is 4.79 Å². The zero-order valence-corrected chi connectivity index (χ0v) is 14.2. The number of benzene rings is 1. The summed E-state index contributed by atoms with van der Waals surface area (Å²) in [5, 5.41) is 5.71. The van der Waals surface area contributed by atoms with Crippen LogP contribution in [0.3, 0.4) is 0 Å². The Bertz CT molecular complexity index is 588. The van der Waals surface area contributed by atoms with Crippen LogP contribution in [0.2, 0.25) is 0 Å². The number of carbonyl (C=O) groups is 2. The molecule has 2 aliphatic rings. The summed E-state index contributed by atoms with van der Waals surface area (Å²) < 4.78 is 5.67. The van der Waals surface area contributed by atoms with Crippen LogP contribution >= 0.6 is 0 Å². The Kier molecular flexibility index (Phi) is 5.04. The second kappa shape index (κ2) is 7.21. The number of rotatable bonds is 4. The van der Waals surface area contributed by atoms with Crippen LogP contribution in [0.5, 0.6) is 0 Å². The Balaban J connectivity index is 1.53. The molecule has 1 heterocycles. The first-order valence-electron chi connectivity index (χ1n) is 8.59. The van der Waals surface area contributed by atoms with Gasteiger partial charge in [-0.2, -0.15) is 0 Å². The van der Waals surface area contributed by atoms with Crippen molar-refractivity contribution in [3.63, 3.8) is 0 Å². The highest BCUT2D eigenvalue weighted by Crippen LogP contribution is 2.18. The van der Waals surface area contributed by atoms with E-state index in [-0.39, 0.29) is 24.1 Å². The molecule has 2 N–H and O–H groups in total.